The number of nitrogens with zero attached hydrogens (tertiary/aromatic N) is 2. The molecule has 0 bridgehead atoms. The van der Waals surface area contributed by atoms with Crippen molar-refractivity contribution < 1.29 is 24.0 Å². The molecule has 0 heterocycles. The molecule has 0 radical (unpaired) electrons. The summed E-state index contributed by atoms with van der Waals surface area (Å²) in [7, 11) is 1.38. The molecule has 1 amide bonds. The Morgan fingerprint density at radius 1 is 1.10 bits per heavy atom. The van der Waals surface area contributed by atoms with Crippen LogP contribution in [-0.2, 0) is 4.79 Å². The lowest BCUT2D eigenvalue weighted by molar-refractivity contribution is -0.384. The maximum atomic E-state index is 13.1. The molecule has 11 heteroatoms. The van der Waals surface area contributed by atoms with Crippen LogP contribution in [0.25, 0.3) is 16.8 Å². The van der Waals surface area contributed by atoms with Crippen molar-refractivity contribution in [2.75, 3.05) is 12.4 Å². The lowest BCUT2D eigenvalue weighted by atomic mass is 10.0. The minimum absolute atomic E-state index is 0.0218. The fraction of sp³-hybridized carbons (Fsp3) is 0.0357. The quantitative estimate of drug-likeness (QED) is 0.0602. The van der Waals surface area contributed by atoms with Gasteiger partial charge in [-0.2, -0.15) is 5.26 Å². The van der Waals surface area contributed by atoms with Gasteiger partial charge in [0.15, 0.2) is 11.5 Å². The standard InChI is InChI=1S/C28H17BrClN3O6/c1-38-25-13-16(11-18(15-31)27(34)32-24-14-19(33(36)37)9-10-23(24)30)12-22(29)26(25)39-28(35)21-8-4-6-17-5-2-3-7-20(17)21/h2-14H,1H3,(H,32,34)/b18-11+. The fourth-order valence-electron chi connectivity index (χ4n) is 3.70. The van der Waals surface area contributed by atoms with Crippen LogP contribution >= 0.6 is 27.5 Å². The molecule has 0 aliphatic rings. The number of carbonyl (C=O) groups is 2. The molecule has 39 heavy (non-hydrogen) atoms. The summed E-state index contributed by atoms with van der Waals surface area (Å²) < 4.78 is 11.4. The first-order valence-corrected chi connectivity index (χ1v) is 12.3. The molecule has 4 aromatic carbocycles. The van der Waals surface area contributed by atoms with E-state index in [4.69, 9.17) is 21.1 Å². The molecule has 4 aromatic rings. The number of carbonyl (C=O) groups excluding carboxylic acids is 2. The van der Waals surface area contributed by atoms with Crippen molar-refractivity contribution in [3.8, 4) is 17.6 Å². The van der Waals surface area contributed by atoms with Gasteiger partial charge in [0.1, 0.15) is 11.6 Å². The topological polar surface area (TPSA) is 132 Å². The normalized spacial score (nSPS) is 11.0. The van der Waals surface area contributed by atoms with Crippen molar-refractivity contribution in [1.82, 2.24) is 0 Å². The average Bonchev–Trinajstić information content (AvgIpc) is 2.93. The van der Waals surface area contributed by atoms with Crippen molar-refractivity contribution in [3.05, 3.63) is 109 Å². The Morgan fingerprint density at radius 3 is 2.56 bits per heavy atom. The van der Waals surface area contributed by atoms with Gasteiger partial charge in [0.2, 0.25) is 0 Å². The van der Waals surface area contributed by atoms with Gasteiger partial charge in [-0.3, -0.25) is 14.9 Å². The van der Waals surface area contributed by atoms with Crippen LogP contribution in [0, 0.1) is 21.4 Å². The number of fused-ring (bicyclic) bond motifs is 1. The molecule has 0 saturated heterocycles. The molecule has 0 spiro atoms. The van der Waals surface area contributed by atoms with E-state index >= 15 is 0 Å². The Hall–Kier alpha value is -4.72. The van der Waals surface area contributed by atoms with Gasteiger partial charge in [-0.05, 0) is 62.6 Å². The predicted octanol–water partition coefficient (Wildman–Crippen LogP) is 6.94. The van der Waals surface area contributed by atoms with Gasteiger partial charge in [0.25, 0.3) is 11.6 Å². The zero-order valence-corrected chi connectivity index (χ0v) is 22.4. The van der Waals surface area contributed by atoms with E-state index in [1.54, 1.807) is 24.3 Å². The summed E-state index contributed by atoms with van der Waals surface area (Å²) in [6.07, 6.45) is 1.28. The molecule has 9 nitrogen and oxygen atoms in total. The summed E-state index contributed by atoms with van der Waals surface area (Å²) in [4.78, 5) is 36.2. The smallest absolute Gasteiger partial charge is 0.344 e. The van der Waals surface area contributed by atoms with Crippen LogP contribution in [0.1, 0.15) is 15.9 Å². The Balaban J connectivity index is 1.62. The highest BCUT2D eigenvalue weighted by Gasteiger charge is 2.20. The van der Waals surface area contributed by atoms with Gasteiger partial charge in [-0.15, -0.1) is 0 Å². The van der Waals surface area contributed by atoms with E-state index in [1.165, 1.54) is 31.4 Å². The number of benzene rings is 4. The van der Waals surface area contributed by atoms with Gasteiger partial charge in [-0.25, -0.2) is 4.79 Å². The minimum Gasteiger partial charge on any atom is -0.493 e. The first-order valence-electron chi connectivity index (χ1n) is 11.2. The molecule has 4 rings (SSSR count). The number of ether oxygens (including phenoxy) is 2. The molecule has 0 unspecified atom stereocenters. The Labute approximate surface area is 235 Å². The summed E-state index contributed by atoms with van der Waals surface area (Å²) in [5.41, 5.74) is 0.132. The van der Waals surface area contributed by atoms with Crippen LogP contribution in [0.2, 0.25) is 5.02 Å². The second-order valence-electron chi connectivity index (χ2n) is 8.00. The third-order valence-electron chi connectivity index (χ3n) is 5.54. The molecule has 1 N–H and O–H groups in total. The zero-order chi connectivity index (χ0) is 28.1. The first kappa shape index (κ1) is 27.3. The number of anilines is 1. The van der Waals surface area contributed by atoms with Gasteiger partial charge in [0.05, 0.1) is 32.8 Å². The number of halogens is 2. The Bertz CT molecular complexity index is 1710. The number of esters is 1. The largest absolute Gasteiger partial charge is 0.493 e. The van der Waals surface area contributed by atoms with Crippen LogP contribution in [0.4, 0.5) is 11.4 Å². The van der Waals surface area contributed by atoms with Crippen LogP contribution in [0.3, 0.4) is 0 Å². The summed E-state index contributed by atoms with van der Waals surface area (Å²) in [6, 6.07) is 21.1. The van der Waals surface area contributed by atoms with Crippen molar-refractivity contribution >= 4 is 67.6 Å². The number of hydrogen-bond donors (Lipinski definition) is 1. The lowest BCUT2D eigenvalue weighted by Gasteiger charge is -2.13. The predicted molar refractivity (Wildman–Crippen MR) is 150 cm³/mol. The maximum Gasteiger partial charge on any atom is 0.344 e. The Kier molecular flexibility index (Phi) is 8.24. The molecular weight excluding hydrogens is 590 g/mol. The van der Waals surface area contributed by atoms with Gasteiger partial charge in [0, 0.05) is 12.1 Å². The summed E-state index contributed by atoms with van der Waals surface area (Å²) in [5, 5.41) is 24.7. The van der Waals surface area contributed by atoms with E-state index in [1.807, 2.05) is 30.3 Å². The number of rotatable bonds is 7. The second-order valence-corrected chi connectivity index (χ2v) is 9.26. The van der Waals surface area contributed by atoms with E-state index in [0.717, 1.165) is 16.8 Å². The van der Waals surface area contributed by atoms with Gasteiger partial charge >= 0.3 is 5.97 Å². The third kappa shape index (κ3) is 6.06. The number of non-ortho nitro benzene ring substituents is 1. The van der Waals surface area contributed by atoms with Crippen molar-refractivity contribution in [3.63, 3.8) is 0 Å². The first-order chi connectivity index (χ1) is 18.7. The molecule has 194 valence electrons. The molecule has 0 atom stereocenters. The van der Waals surface area contributed by atoms with Crippen LogP contribution in [-0.4, -0.2) is 23.9 Å². The van der Waals surface area contributed by atoms with E-state index in [0.29, 0.717) is 15.6 Å². The molecule has 0 fully saturated rings. The van der Waals surface area contributed by atoms with Crippen molar-refractivity contribution in [2.45, 2.75) is 0 Å². The summed E-state index contributed by atoms with van der Waals surface area (Å²) in [5.74, 6) is -1.15. The third-order valence-corrected chi connectivity index (χ3v) is 6.46. The lowest BCUT2D eigenvalue weighted by Crippen LogP contribution is -2.14. The summed E-state index contributed by atoms with van der Waals surface area (Å²) in [6.45, 7) is 0. The van der Waals surface area contributed by atoms with E-state index < -0.39 is 16.8 Å². The zero-order valence-electron chi connectivity index (χ0n) is 20.1. The number of nitro benzene ring substituents is 1. The molecule has 0 aliphatic carbocycles. The number of amides is 1. The highest BCUT2D eigenvalue weighted by molar-refractivity contribution is 9.10. The molecular formula is C28H17BrClN3O6. The number of hydrogen-bond acceptors (Lipinski definition) is 7. The SMILES string of the molecule is COc1cc(/C=C(\C#N)C(=O)Nc2cc([N+](=O)[O-])ccc2Cl)cc(Br)c1OC(=O)c1cccc2ccccc12. The van der Waals surface area contributed by atoms with E-state index in [-0.39, 0.29) is 33.5 Å². The van der Waals surface area contributed by atoms with Crippen LogP contribution in [0.15, 0.2) is 82.8 Å². The van der Waals surface area contributed by atoms with Crippen LogP contribution < -0.4 is 14.8 Å². The fourth-order valence-corrected chi connectivity index (χ4v) is 4.41. The molecule has 0 saturated carbocycles. The summed E-state index contributed by atoms with van der Waals surface area (Å²) >= 11 is 9.42. The highest BCUT2D eigenvalue weighted by Crippen LogP contribution is 2.38. The maximum absolute atomic E-state index is 13.1. The van der Waals surface area contributed by atoms with Crippen molar-refractivity contribution in [2.24, 2.45) is 0 Å². The number of methoxy groups -OCH3 is 1. The van der Waals surface area contributed by atoms with E-state index in [9.17, 15) is 25.0 Å². The number of nitrogens with one attached hydrogen (secondary N) is 1. The van der Waals surface area contributed by atoms with Crippen molar-refractivity contribution in [1.29, 1.82) is 5.26 Å². The molecule has 0 aliphatic heterocycles. The Morgan fingerprint density at radius 2 is 1.85 bits per heavy atom. The number of nitriles is 1. The second kappa shape index (κ2) is 11.8. The average molecular weight is 607 g/mol. The number of nitro groups is 1. The molecule has 0 aromatic heterocycles. The van der Waals surface area contributed by atoms with Crippen LogP contribution in [0.5, 0.6) is 11.5 Å². The monoisotopic (exact) mass is 605 g/mol. The van der Waals surface area contributed by atoms with E-state index in [2.05, 4.69) is 21.2 Å². The van der Waals surface area contributed by atoms with Gasteiger partial charge < -0.3 is 14.8 Å². The van der Waals surface area contributed by atoms with Gasteiger partial charge in [-0.1, -0.05) is 48.0 Å². The highest BCUT2D eigenvalue weighted by atomic mass is 79.9. The minimum atomic E-state index is -0.832.